The number of aromatic nitrogens is 6. The van der Waals surface area contributed by atoms with E-state index in [9.17, 15) is 0 Å². The van der Waals surface area contributed by atoms with E-state index in [4.69, 9.17) is 29.9 Å². The van der Waals surface area contributed by atoms with E-state index in [0.29, 0.717) is 34.9 Å². The predicted molar refractivity (Wildman–Crippen MR) is 266 cm³/mol. The van der Waals surface area contributed by atoms with Gasteiger partial charge in [-0.25, -0.2) is 29.9 Å². The van der Waals surface area contributed by atoms with E-state index < -0.39 is 0 Å². The Labute approximate surface area is 380 Å². The summed E-state index contributed by atoms with van der Waals surface area (Å²) in [6.45, 7) is 11.2. The van der Waals surface area contributed by atoms with Crippen molar-refractivity contribution in [2.24, 2.45) is 0 Å². The molecule has 0 unspecified atom stereocenters. The van der Waals surface area contributed by atoms with Crippen molar-refractivity contribution in [1.29, 1.82) is 0 Å². The molecule has 0 fully saturated rings. The van der Waals surface area contributed by atoms with E-state index in [1.807, 2.05) is 91.0 Å². The Morgan fingerprint density at radius 2 is 0.523 bits per heavy atom. The summed E-state index contributed by atoms with van der Waals surface area (Å²) in [5.74, 6) is 3.63. The van der Waals surface area contributed by atoms with Crippen LogP contribution in [0.2, 0.25) is 0 Å². The summed E-state index contributed by atoms with van der Waals surface area (Å²) in [6, 6.07) is 64.2. The maximum absolute atomic E-state index is 5.34. The van der Waals surface area contributed by atoms with Crippen LogP contribution in [0.4, 0.5) is 0 Å². The van der Waals surface area contributed by atoms with Crippen molar-refractivity contribution in [3.8, 4) is 102 Å². The van der Waals surface area contributed by atoms with Gasteiger partial charge in [0.05, 0.1) is 0 Å². The SMILES string of the molecule is Cc1c(C)c(C)c(-c2cc(-c3nc(-c4ccccc4)nc(-c4ccccc4)n3)ccc2-c2ccccc2-c2nc(-c3ccccc3)nc(-c3ccccc3-c3ccccc3)n2)c(C)c1C. The van der Waals surface area contributed by atoms with Crippen molar-refractivity contribution in [2.75, 3.05) is 0 Å². The number of nitrogens with zero attached hydrogens (tertiary/aromatic N) is 6. The lowest BCUT2D eigenvalue weighted by Crippen LogP contribution is -2.04. The number of hydrogen-bond acceptors (Lipinski definition) is 6. The molecule has 0 saturated heterocycles. The minimum Gasteiger partial charge on any atom is -0.208 e. The summed E-state index contributed by atoms with van der Waals surface area (Å²) >= 11 is 0. The monoisotopic (exact) mass is 838 g/mol. The molecule has 0 aliphatic rings. The second-order valence-corrected chi connectivity index (χ2v) is 16.4. The zero-order valence-electron chi connectivity index (χ0n) is 37.1. The zero-order chi connectivity index (χ0) is 44.4. The van der Waals surface area contributed by atoms with Gasteiger partial charge in [0.15, 0.2) is 34.9 Å². The molecule has 2 heterocycles. The van der Waals surface area contributed by atoms with Crippen LogP contribution < -0.4 is 0 Å². The summed E-state index contributed by atoms with van der Waals surface area (Å²) in [4.78, 5) is 31.1. The van der Waals surface area contributed by atoms with Crippen LogP contribution in [0.15, 0.2) is 188 Å². The summed E-state index contributed by atoms with van der Waals surface area (Å²) in [6.07, 6.45) is 0. The smallest absolute Gasteiger partial charge is 0.164 e. The molecule has 312 valence electrons. The first-order valence-corrected chi connectivity index (χ1v) is 22.0. The fourth-order valence-electron chi connectivity index (χ4n) is 8.76. The molecule has 6 nitrogen and oxygen atoms in total. The van der Waals surface area contributed by atoms with Crippen molar-refractivity contribution in [3.05, 3.63) is 216 Å². The lowest BCUT2D eigenvalue weighted by atomic mass is 9.82. The molecule has 0 aliphatic heterocycles. The third kappa shape index (κ3) is 7.91. The molecule has 0 atom stereocenters. The summed E-state index contributed by atoms with van der Waals surface area (Å²) in [5.41, 5.74) is 18.3. The highest BCUT2D eigenvalue weighted by molar-refractivity contribution is 5.95. The Morgan fingerprint density at radius 3 is 0.985 bits per heavy atom. The van der Waals surface area contributed by atoms with E-state index in [1.165, 1.54) is 33.4 Å². The van der Waals surface area contributed by atoms with Gasteiger partial charge in [0.25, 0.3) is 0 Å². The quantitative estimate of drug-likeness (QED) is 0.144. The lowest BCUT2D eigenvalue weighted by molar-refractivity contribution is 1.07. The number of hydrogen-bond donors (Lipinski definition) is 0. The Balaban J connectivity index is 1.22. The van der Waals surface area contributed by atoms with Gasteiger partial charge >= 0.3 is 0 Å². The third-order valence-electron chi connectivity index (χ3n) is 12.6. The Hall–Kier alpha value is -8.22. The van der Waals surface area contributed by atoms with Gasteiger partial charge < -0.3 is 0 Å². The second-order valence-electron chi connectivity index (χ2n) is 16.4. The molecule has 0 amide bonds. The molecule has 8 aromatic carbocycles. The Morgan fingerprint density at radius 1 is 0.215 bits per heavy atom. The zero-order valence-corrected chi connectivity index (χ0v) is 37.1. The molecule has 0 bridgehead atoms. The average molecular weight is 839 g/mol. The minimum atomic E-state index is 0.588. The lowest BCUT2D eigenvalue weighted by Gasteiger charge is -2.23. The molecule has 0 N–H and O–H groups in total. The van der Waals surface area contributed by atoms with Gasteiger partial charge in [-0.1, -0.05) is 182 Å². The third-order valence-corrected chi connectivity index (χ3v) is 12.6. The van der Waals surface area contributed by atoms with E-state index in [2.05, 4.69) is 132 Å². The van der Waals surface area contributed by atoms with Crippen molar-refractivity contribution in [2.45, 2.75) is 34.6 Å². The minimum absolute atomic E-state index is 0.588. The maximum Gasteiger partial charge on any atom is 0.164 e. The first kappa shape index (κ1) is 40.8. The Kier molecular flexibility index (Phi) is 11.0. The van der Waals surface area contributed by atoms with Gasteiger partial charge in [-0.15, -0.1) is 0 Å². The van der Waals surface area contributed by atoms with E-state index in [0.717, 1.165) is 61.2 Å². The van der Waals surface area contributed by atoms with E-state index in [-0.39, 0.29) is 0 Å². The van der Waals surface area contributed by atoms with Gasteiger partial charge in [-0.2, -0.15) is 0 Å². The first-order valence-electron chi connectivity index (χ1n) is 22.0. The average Bonchev–Trinajstić information content (AvgIpc) is 3.38. The van der Waals surface area contributed by atoms with Crippen LogP contribution in [-0.4, -0.2) is 29.9 Å². The molecule has 10 aromatic rings. The van der Waals surface area contributed by atoms with Crippen LogP contribution in [-0.2, 0) is 0 Å². The van der Waals surface area contributed by atoms with Gasteiger partial charge in [-0.3, -0.25) is 0 Å². The van der Waals surface area contributed by atoms with Crippen LogP contribution >= 0.6 is 0 Å². The predicted octanol–water partition coefficient (Wildman–Crippen LogP) is 14.6. The highest BCUT2D eigenvalue weighted by atomic mass is 15.0. The molecular formula is C59H46N6. The normalized spacial score (nSPS) is 11.2. The van der Waals surface area contributed by atoms with E-state index >= 15 is 0 Å². The molecule has 65 heavy (non-hydrogen) atoms. The molecule has 0 spiro atoms. The van der Waals surface area contributed by atoms with Crippen LogP contribution in [0.5, 0.6) is 0 Å². The molecule has 2 aromatic heterocycles. The van der Waals surface area contributed by atoms with Gasteiger partial charge in [0, 0.05) is 33.4 Å². The van der Waals surface area contributed by atoms with Crippen LogP contribution in [0.25, 0.3) is 102 Å². The van der Waals surface area contributed by atoms with Gasteiger partial charge in [-0.05, 0) is 102 Å². The highest BCUT2D eigenvalue weighted by Crippen LogP contribution is 2.44. The topological polar surface area (TPSA) is 77.3 Å². The first-order chi connectivity index (χ1) is 31.8. The van der Waals surface area contributed by atoms with E-state index in [1.54, 1.807) is 0 Å². The van der Waals surface area contributed by atoms with Gasteiger partial charge in [0.1, 0.15) is 0 Å². The fourth-order valence-corrected chi connectivity index (χ4v) is 8.76. The Bertz CT molecular complexity index is 3260. The molecule has 0 aliphatic carbocycles. The largest absolute Gasteiger partial charge is 0.208 e. The molecule has 10 rings (SSSR count). The number of rotatable bonds is 9. The standard InChI is InChI=1S/C59H46N6/c1-37-38(2)40(4)53(41(5)39(37)3)52-36-46(57-61-54(43-24-12-7-13-25-43)60-55(62-57)44-26-14-8-15-27-44)34-35-49(52)48-31-19-21-33-51(48)59-64-56(45-28-16-9-17-29-45)63-58(65-59)50-32-20-18-30-47(50)42-22-10-6-11-23-42/h6-36H,1-5H3. The van der Waals surface area contributed by atoms with Crippen molar-refractivity contribution in [3.63, 3.8) is 0 Å². The highest BCUT2D eigenvalue weighted by Gasteiger charge is 2.23. The second kappa shape index (κ2) is 17.5. The van der Waals surface area contributed by atoms with Crippen LogP contribution in [0.3, 0.4) is 0 Å². The van der Waals surface area contributed by atoms with Crippen molar-refractivity contribution < 1.29 is 0 Å². The summed E-state index contributed by atoms with van der Waals surface area (Å²) < 4.78 is 0. The molecular weight excluding hydrogens is 793 g/mol. The van der Waals surface area contributed by atoms with Crippen LogP contribution in [0.1, 0.15) is 27.8 Å². The molecule has 0 radical (unpaired) electrons. The molecule has 0 saturated carbocycles. The van der Waals surface area contributed by atoms with Crippen LogP contribution in [0, 0.1) is 34.6 Å². The van der Waals surface area contributed by atoms with Gasteiger partial charge in [0.2, 0.25) is 0 Å². The fraction of sp³-hybridized carbons (Fsp3) is 0.0847. The van der Waals surface area contributed by atoms with Crippen molar-refractivity contribution >= 4 is 0 Å². The summed E-state index contributed by atoms with van der Waals surface area (Å²) in [7, 11) is 0. The maximum atomic E-state index is 5.34. The summed E-state index contributed by atoms with van der Waals surface area (Å²) in [5, 5.41) is 0. The van der Waals surface area contributed by atoms with Crippen molar-refractivity contribution in [1.82, 2.24) is 29.9 Å². The molecule has 6 heteroatoms. The number of benzene rings is 8.